The molecular formula is C22H23N5O2S3. The van der Waals surface area contributed by atoms with E-state index in [1.807, 2.05) is 45.0 Å². The Morgan fingerprint density at radius 3 is 2.59 bits per heavy atom. The Morgan fingerprint density at radius 2 is 1.91 bits per heavy atom. The second-order valence-corrected chi connectivity index (χ2v) is 10.8. The number of amides is 2. The number of carbonyl (C=O) groups is 2. The van der Waals surface area contributed by atoms with Gasteiger partial charge >= 0.3 is 0 Å². The van der Waals surface area contributed by atoms with Crippen molar-refractivity contribution in [2.24, 2.45) is 5.41 Å². The Morgan fingerprint density at radius 1 is 1.12 bits per heavy atom. The molecule has 2 fully saturated rings. The van der Waals surface area contributed by atoms with E-state index in [1.54, 1.807) is 17.4 Å². The monoisotopic (exact) mass is 485 g/mol. The van der Waals surface area contributed by atoms with Crippen molar-refractivity contribution in [3.63, 3.8) is 0 Å². The smallest absolute Gasteiger partial charge is 0.273 e. The second kappa shape index (κ2) is 8.84. The Labute approximate surface area is 198 Å². The molecule has 2 amide bonds. The molecule has 0 aliphatic carbocycles. The number of carbonyl (C=O) groups excluding carboxylic acids is 2. The van der Waals surface area contributed by atoms with Crippen molar-refractivity contribution in [1.82, 2.24) is 24.4 Å². The average Bonchev–Trinajstić information content (AvgIpc) is 3.59. The van der Waals surface area contributed by atoms with Gasteiger partial charge in [-0.25, -0.2) is 4.98 Å². The van der Waals surface area contributed by atoms with Crippen molar-refractivity contribution in [2.45, 2.75) is 26.2 Å². The van der Waals surface area contributed by atoms with Gasteiger partial charge in [-0.1, -0.05) is 4.49 Å². The van der Waals surface area contributed by atoms with Crippen molar-refractivity contribution < 1.29 is 9.59 Å². The molecule has 0 unspecified atom stereocenters. The first kappa shape index (κ1) is 21.4. The lowest BCUT2D eigenvalue weighted by atomic mass is 9.78. The quantitative estimate of drug-likeness (QED) is 0.518. The van der Waals surface area contributed by atoms with Crippen LogP contribution in [-0.2, 0) is 4.79 Å². The predicted molar refractivity (Wildman–Crippen MR) is 128 cm³/mol. The van der Waals surface area contributed by atoms with Gasteiger partial charge in [-0.2, -0.15) is 11.3 Å². The van der Waals surface area contributed by atoms with Gasteiger partial charge in [0.2, 0.25) is 5.91 Å². The van der Waals surface area contributed by atoms with Gasteiger partial charge in [-0.05, 0) is 71.6 Å². The van der Waals surface area contributed by atoms with Crippen LogP contribution in [0.1, 0.15) is 41.0 Å². The van der Waals surface area contributed by atoms with Gasteiger partial charge in [0.1, 0.15) is 15.6 Å². The van der Waals surface area contributed by atoms with Crippen LogP contribution in [0.3, 0.4) is 0 Å². The van der Waals surface area contributed by atoms with Gasteiger partial charge in [0.25, 0.3) is 5.91 Å². The maximum absolute atomic E-state index is 13.1. The minimum absolute atomic E-state index is 0.00305. The van der Waals surface area contributed by atoms with E-state index in [2.05, 4.69) is 14.6 Å². The van der Waals surface area contributed by atoms with E-state index >= 15 is 0 Å². The lowest BCUT2D eigenvalue weighted by Crippen LogP contribution is -2.44. The van der Waals surface area contributed by atoms with Crippen molar-refractivity contribution in [3.8, 4) is 9.88 Å². The SMILES string of the molecule is Cc1nnsc1-c1nc(C(=O)N2CCC3(CCN(C(=O)C=Cc4ccsc4)CC3)C2)cs1. The normalized spacial score (nSPS) is 18.2. The minimum Gasteiger partial charge on any atom is -0.339 e. The minimum atomic E-state index is -0.00305. The Balaban J connectivity index is 1.18. The second-order valence-electron chi connectivity index (χ2n) is 8.42. The highest BCUT2D eigenvalue weighted by atomic mass is 32.1. The van der Waals surface area contributed by atoms with Crippen molar-refractivity contribution >= 4 is 52.1 Å². The number of hydrogen-bond donors (Lipinski definition) is 0. The number of rotatable bonds is 4. The molecule has 5 rings (SSSR count). The third kappa shape index (κ3) is 4.26. The molecular weight excluding hydrogens is 462 g/mol. The summed E-state index contributed by atoms with van der Waals surface area (Å²) in [5, 5.41) is 10.7. The number of likely N-dealkylation sites (tertiary alicyclic amines) is 2. The van der Waals surface area contributed by atoms with Crippen LogP contribution in [0.25, 0.3) is 16.0 Å². The highest BCUT2D eigenvalue weighted by Crippen LogP contribution is 2.41. The summed E-state index contributed by atoms with van der Waals surface area (Å²) in [4.78, 5) is 35.0. The number of thiazole rings is 1. The maximum Gasteiger partial charge on any atom is 0.273 e. The largest absolute Gasteiger partial charge is 0.339 e. The topological polar surface area (TPSA) is 79.3 Å². The van der Waals surface area contributed by atoms with Crippen LogP contribution in [-0.4, -0.2) is 62.4 Å². The summed E-state index contributed by atoms with van der Waals surface area (Å²) in [6.07, 6.45) is 6.40. The van der Waals surface area contributed by atoms with Gasteiger partial charge < -0.3 is 9.80 Å². The van der Waals surface area contributed by atoms with Crippen LogP contribution in [0.5, 0.6) is 0 Å². The van der Waals surface area contributed by atoms with Crippen molar-refractivity contribution in [2.75, 3.05) is 26.2 Å². The molecule has 1 spiro atoms. The lowest BCUT2D eigenvalue weighted by molar-refractivity contribution is -0.128. The third-order valence-electron chi connectivity index (χ3n) is 6.39. The zero-order valence-corrected chi connectivity index (χ0v) is 20.1. The third-order valence-corrected chi connectivity index (χ3v) is 8.92. The van der Waals surface area contributed by atoms with E-state index in [4.69, 9.17) is 0 Å². The standard InChI is InChI=1S/C22H23N5O2S3/c1-15-19(32-25-24-15)20-23-17(13-31-20)21(29)27-10-7-22(14-27)5-8-26(9-6-22)18(28)3-2-16-4-11-30-12-16/h2-4,11-13H,5-10,14H2,1H3. The highest BCUT2D eigenvalue weighted by molar-refractivity contribution is 7.18. The van der Waals surface area contributed by atoms with Crippen molar-refractivity contribution in [3.05, 3.63) is 45.2 Å². The summed E-state index contributed by atoms with van der Waals surface area (Å²) in [6, 6.07) is 2.00. The van der Waals surface area contributed by atoms with Crippen LogP contribution in [0, 0.1) is 12.3 Å². The molecule has 7 nitrogen and oxygen atoms in total. The van der Waals surface area contributed by atoms with Crippen LogP contribution >= 0.6 is 34.2 Å². The highest BCUT2D eigenvalue weighted by Gasteiger charge is 2.43. The van der Waals surface area contributed by atoms with Gasteiger partial charge in [0.05, 0.1) is 5.69 Å². The van der Waals surface area contributed by atoms with E-state index in [9.17, 15) is 9.59 Å². The fourth-order valence-corrected chi connectivity index (χ4v) is 6.64. The molecule has 166 valence electrons. The molecule has 0 atom stereocenters. The van der Waals surface area contributed by atoms with E-state index in [0.717, 1.165) is 66.6 Å². The Bertz CT molecular complexity index is 1140. The number of aromatic nitrogens is 3. The van der Waals surface area contributed by atoms with E-state index in [1.165, 1.54) is 22.9 Å². The number of nitrogens with zero attached hydrogens (tertiary/aromatic N) is 5. The van der Waals surface area contributed by atoms with Crippen molar-refractivity contribution in [1.29, 1.82) is 0 Å². The van der Waals surface area contributed by atoms with E-state index in [-0.39, 0.29) is 17.2 Å². The lowest BCUT2D eigenvalue weighted by Gasteiger charge is -2.38. The van der Waals surface area contributed by atoms with Crippen LogP contribution < -0.4 is 0 Å². The summed E-state index contributed by atoms with van der Waals surface area (Å²) >= 11 is 4.40. The summed E-state index contributed by atoms with van der Waals surface area (Å²) in [6.45, 7) is 4.88. The van der Waals surface area contributed by atoms with E-state index in [0.29, 0.717) is 5.69 Å². The zero-order chi connectivity index (χ0) is 22.1. The Hall–Kier alpha value is -2.43. The molecule has 5 heterocycles. The first-order valence-electron chi connectivity index (χ1n) is 10.6. The molecule has 0 N–H and O–H groups in total. The van der Waals surface area contributed by atoms with Crippen LogP contribution in [0.4, 0.5) is 0 Å². The number of piperidine rings is 1. The summed E-state index contributed by atoms with van der Waals surface area (Å²) < 4.78 is 3.96. The first-order valence-corrected chi connectivity index (χ1v) is 13.2. The van der Waals surface area contributed by atoms with E-state index < -0.39 is 0 Å². The summed E-state index contributed by atoms with van der Waals surface area (Å²) in [5.74, 6) is 0.0662. The molecule has 0 radical (unpaired) electrons. The van der Waals surface area contributed by atoms with Gasteiger partial charge in [-0.3, -0.25) is 9.59 Å². The molecule has 32 heavy (non-hydrogen) atoms. The molecule has 2 saturated heterocycles. The number of thiophene rings is 1. The predicted octanol–water partition coefficient (Wildman–Crippen LogP) is 4.20. The molecule has 0 saturated carbocycles. The maximum atomic E-state index is 13.1. The number of hydrogen-bond acceptors (Lipinski definition) is 8. The summed E-state index contributed by atoms with van der Waals surface area (Å²) in [5.41, 5.74) is 2.52. The molecule has 0 aromatic carbocycles. The zero-order valence-electron chi connectivity index (χ0n) is 17.7. The van der Waals surface area contributed by atoms with Gasteiger partial charge in [-0.15, -0.1) is 16.4 Å². The summed E-state index contributed by atoms with van der Waals surface area (Å²) in [7, 11) is 0. The molecule has 2 aliphatic heterocycles. The molecule has 3 aromatic heterocycles. The molecule has 2 aliphatic rings. The van der Waals surface area contributed by atoms with Gasteiger partial charge in [0, 0.05) is 37.6 Å². The Kier molecular flexibility index (Phi) is 5.92. The number of aryl methyl sites for hydroxylation is 1. The van der Waals surface area contributed by atoms with Crippen LogP contribution in [0.15, 0.2) is 28.3 Å². The van der Waals surface area contributed by atoms with Crippen LogP contribution in [0.2, 0.25) is 0 Å². The molecule has 0 bridgehead atoms. The van der Waals surface area contributed by atoms with Gasteiger partial charge in [0.15, 0.2) is 0 Å². The molecule has 3 aromatic rings. The fraction of sp³-hybridized carbons (Fsp3) is 0.409. The fourth-order valence-electron chi connectivity index (χ4n) is 4.43. The average molecular weight is 486 g/mol. The first-order chi connectivity index (χ1) is 15.5. The molecule has 10 heteroatoms.